The molecule has 0 fully saturated rings. The molecule has 0 saturated heterocycles. The average molecular weight is 300 g/mol. The highest BCUT2D eigenvalue weighted by Crippen LogP contribution is 1.87. The zero-order chi connectivity index (χ0) is 17.4. The molecule has 0 radical (unpaired) electrons. The molecular formula is C15H24O6. The summed E-state index contributed by atoms with van der Waals surface area (Å²) in [6.45, 7) is 15.2. The molecule has 21 heavy (non-hydrogen) atoms. The van der Waals surface area contributed by atoms with Gasteiger partial charge in [0.2, 0.25) is 0 Å². The van der Waals surface area contributed by atoms with Gasteiger partial charge in [-0.15, -0.1) is 0 Å². The van der Waals surface area contributed by atoms with Crippen LogP contribution in [0.1, 0.15) is 27.2 Å². The zero-order valence-electron chi connectivity index (χ0n) is 13.1. The van der Waals surface area contributed by atoms with Gasteiger partial charge in [-0.05, 0) is 20.3 Å². The van der Waals surface area contributed by atoms with Crippen LogP contribution in [0, 0.1) is 0 Å². The van der Waals surface area contributed by atoms with Gasteiger partial charge in [0.05, 0.1) is 13.7 Å². The van der Waals surface area contributed by atoms with Crippen molar-refractivity contribution in [2.75, 3.05) is 13.7 Å². The molecule has 0 spiro atoms. The molecule has 0 aliphatic heterocycles. The quantitative estimate of drug-likeness (QED) is 0.619. The molecule has 0 bridgehead atoms. The lowest BCUT2D eigenvalue weighted by Gasteiger charge is -1.94. The van der Waals surface area contributed by atoms with Gasteiger partial charge in [0, 0.05) is 17.2 Å². The second-order valence-electron chi connectivity index (χ2n) is 3.73. The zero-order valence-corrected chi connectivity index (χ0v) is 13.1. The molecule has 0 aromatic heterocycles. The Hall–Kier alpha value is -2.37. The van der Waals surface area contributed by atoms with E-state index in [2.05, 4.69) is 29.2 Å². The minimum Gasteiger partial charge on any atom is -0.478 e. The largest absolute Gasteiger partial charge is 0.478 e. The smallest absolute Gasteiger partial charge is 0.332 e. The van der Waals surface area contributed by atoms with E-state index < -0.39 is 5.97 Å². The first kappa shape index (κ1) is 23.7. The monoisotopic (exact) mass is 300 g/mol. The Kier molecular flexibility index (Phi) is 17.7. The Morgan fingerprint density at radius 3 is 1.71 bits per heavy atom. The number of carboxylic acids is 1. The van der Waals surface area contributed by atoms with Crippen LogP contribution in [-0.4, -0.2) is 36.7 Å². The molecule has 120 valence electrons. The van der Waals surface area contributed by atoms with Crippen LogP contribution in [0.3, 0.4) is 0 Å². The first-order valence-corrected chi connectivity index (χ1v) is 6.05. The minimum absolute atomic E-state index is 0.176. The molecule has 1 N–H and O–H groups in total. The SMILES string of the molecule is C=C(C)C(=O)O.C=C(C)C(=O)OC.C=CC(=O)OCCC. The van der Waals surface area contributed by atoms with Crippen LogP contribution in [0.5, 0.6) is 0 Å². The third kappa shape index (κ3) is 23.2. The fourth-order valence-electron chi connectivity index (χ4n) is 0.436. The van der Waals surface area contributed by atoms with E-state index in [4.69, 9.17) is 5.11 Å². The number of carbonyl (C=O) groups is 3. The maximum atomic E-state index is 10.2. The van der Waals surface area contributed by atoms with Crippen LogP contribution in [-0.2, 0) is 23.9 Å². The van der Waals surface area contributed by atoms with Crippen molar-refractivity contribution in [3.8, 4) is 0 Å². The lowest BCUT2D eigenvalue weighted by Crippen LogP contribution is -1.99. The molecule has 0 atom stereocenters. The standard InChI is InChI=1S/C6H10O2.C5H8O2.C4H6O2/c1-3-5-8-6(7)4-2;1-4(2)5(6)7-3;1-3(2)4(5)6/h4H,2-3,5H2,1H3;1H2,2-3H3;1H2,2H3,(H,5,6). The summed E-state index contributed by atoms with van der Waals surface area (Å²) in [6, 6.07) is 0. The number of hydrogen-bond acceptors (Lipinski definition) is 5. The van der Waals surface area contributed by atoms with Crippen LogP contribution in [0.25, 0.3) is 0 Å². The minimum atomic E-state index is -0.935. The lowest BCUT2D eigenvalue weighted by molar-refractivity contribution is -0.138. The van der Waals surface area contributed by atoms with Crippen LogP contribution >= 0.6 is 0 Å². The van der Waals surface area contributed by atoms with E-state index in [1.807, 2.05) is 6.92 Å². The van der Waals surface area contributed by atoms with Crippen LogP contribution in [0.4, 0.5) is 0 Å². The van der Waals surface area contributed by atoms with E-state index in [0.717, 1.165) is 12.5 Å². The highest BCUT2D eigenvalue weighted by molar-refractivity contribution is 5.86. The molecule has 0 aromatic carbocycles. The molecule has 0 heterocycles. The molecule has 0 amide bonds. The summed E-state index contributed by atoms with van der Waals surface area (Å²) in [5.74, 6) is -1.62. The van der Waals surface area contributed by atoms with Crippen molar-refractivity contribution in [3.63, 3.8) is 0 Å². The Labute approximate surface area is 125 Å². The van der Waals surface area contributed by atoms with Gasteiger partial charge in [-0.2, -0.15) is 0 Å². The summed E-state index contributed by atoms with van der Waals surface area (Å²) in [7, 11) is 1.33. The lowest BCUT2D eigenvalue weighted by atomic mass is 10.4. The van der Waals surface area contributed by atoms with E-state index in [1.165, 1.54) is 14.0 Å². The summed E-state index contributed by atoms with van der Waals surface area (Å²) in [5.41, 5.74) is 0.609. The molecular weight excluding hydrogens is 276 g/mol. The first-order valence-electron chi connectivity index (χ1n) is 6.05. The van der Waals surface area contributed by atoms with E-state index in [-0.39, 0.29) is 17.5 Å². The van der Waals surface area contributed by atoms with Crippen LogP contribution in [0.15, 0.2) is 37.0 Å². The number of carbonyl (C=O) groups excluding carboxylic acids is 2. The van der Waals surface area contributed by atoms with Crippen molar-refractivity contribution in [2.45, 2.75) is 27.2 Å². The van der Waals surface area contributed by atoms with Crippen LogP contribution < -0.4 is 0 Å². The number of rotatable bonds is 5. The normalized spacial score (nSPS) is 7.81. The van der Waals surface area contributed by atoms with Crippen molar-refractivity contribution in [3.05, 3.63) is 37.0 Å². The Bertz CT molecular complexity index is 370. The van der Waals surface area contributed by atoms with E-state index in [1.54, 1.807) is 6.92 Å². The number of methoxy groups -OCH3 is 1. The van der Waals surface area contributed by atoms with Crippen LogP contribution in [0.2, 0.25) is 0 Å². The third-order valence-electron chi connectivity index (χ3n) is 1.51. The van der Waals surface area contributed by atoms with E-state index >= 15 is 0 Å². The Morgan fingerprint density at radius 1 is 1.14 bits per heavy atom. The van der Waals surface area contributed by atoms with Crippen molar-refractivity contribution in [2.24, 2.45) is 0 Å². The predicted molar refractivity (Wildman–Crippen MR) is 80.7 cm³/mol. The molecule has 0 unspecified atom stereocenters. The van der Waals surface area contributed by atoms with Gasteiger partial charge in [0.15, 0.2) is 0 Å². The second kappa shape index (κ2) is 15.7. The maximum Gasteiger partial charge on any atom is 0.332 e. The van der Waals surface area contributed by atoms with Crippen molar-refractivity contribution < 1.29 is 29.0 Å². The summed E-state index contributed by atoms with van der Waals surface area (Å²) in [4.78, 5) is 30.0. The Balaban J connectivity index is -0.000000234. The highest BCUT2D eigenvalue weighted by Gasteiger charge is 1.95. The molecule has 0 aliphatic rings. The van der Waals surface area contributed by atoms with Gasteiger partial charge in [-0.25, -0.2) is 14.4 Å². The number of carboxylic acid groups (broad SMARTS) is 1. The van der Waals surface area contributed by atoms with E-state index in [0.29, 0.717) is 12.2 Å². The van der Waals surface area contributed by atoms with Gasteiger partial charge in [0.25, 0.3) is 0 Å². The van der Waals surface area contributed by atoms with Gasteiger partial charge in [-0.1, -0.05) is 26.7 Å². The first-order chi connectivity index (χ1) is 9.63. The van der Waals surface area contributed by atoms with Crippen molar-refractivity contribution >= 4 is 17.9 Å². The number of esters is 2. The summed E-state index contributed by atoms with van der Waals surface area (Å²) in [6.07, 6.45) is 2.02. The summed E-state index contributed by atoms with van der Waals surface area (Å²) >= 11 is 0. The number of ether oxygens (including phenoxy) is 2. The van der Waals surface area contributed by atoms with Gasteiger partial charge < -0.3 is 14.6 Å². The fourth-order valence-corrected chi connectivity index (χ4v) is 0.436. The molecule has 0 aromatic rings. The molecule has 6 nitrogen and oxygen atoms in total. The molecule has 0 saturated carbocycles. The summed E-state index contributed by atoms with van der Waals surface area (Å²) in [5, 5.41) is 7.89. The van der Waals surface area contributed by atoms with Crippen molar-refractivity contribution in [1.29, 1.82) is 0 Å². The molecule has 0 aliphatic carbocycles. The number of aliphatic carboxylic acids is 1. The maximum absolute atomic E-state index is 10.2. The van der Waals surface area contributed by atoms with Gasteiger partial charge in [0.1, 0.15) is 0 Å². The van der Waals surface area contributed by atoms with Gasteiger partial charge in [-0.3, -0.25) is 0 Å². The highest BCUT2D eigenvalue weighted by atomic mass is 16.5. The Morgan fingerprint density at radius 2 is 1.57 bits per heavy atom. The number of hydrogen-bond donors (Lipinski definition) is 1. The molecule has 0 rings (SSSR count). The fraction of sp³-hybridized carbons (Fsp3) is 0.400. The topological polar surface area (TPSA) is 89.9 Å². The average Bonchev–Trinajstić information content (AvgIpc) is 2.44. The van der Waals surface area contributed by atoms with E-state index in [9.17, 15) is 14.4 Å². The third-order valence-corrected chi connectivity index (χ3v) is 1.51. The van der Waals surface area contributed by atoms with Crippen molar-refractivity contribution in [1.82, 2.24) is 0 Å². The molecule has 6 heteroatoms. The second-order valence-corrected chi connectivity index (χ2v) is 3.73. The summed E-state index contributed by atoms with van der Waals surface area (Å²) < 4.78 is 8.86. The van der Waals surface area contributed by atoms with Gasteiger partial charge >= 0.3 is 17.9 Å². The predicted octanol–water partition coefficient (Wildman–Crippen LogP) is 2.51.